The summed E-state index contributed by atoms with van der Waals surface area (Å²) in [4.78, 5) is 49.1. The minimum absolute atomic E-state index is 0.154. The number of amides is 2. The molecule has 2 atom stereocenters. The van der Waals surface area contributed by atoms with Crippen molar-refractivity contribution in [1.82, 2.24) is 24.8 Å². The van der Waals surface area contributed by atoms with Crippen LogP contribution in [0.5, 0.6) is 0 Å². The number of anilines is 1. The summed E-state index contributed by atoms with van der Waals surface area (Å²) in [5, 5.41) is 25.3. The number of nitrogens with one attached hydrogen (secondary N) is 1. The molecule has 1 fully saturated rings. The molecule has 0 radical (unpaired) electrons. The molecule has 7 N–H and O–H groups in total. The van der Waals surface area contributed by atoms with Crippen molar-refractivity contribution in [1.29, 1.82) is 0 Å². The van der Waals surface area contributed by atoms with E-state index in [4.69, 9.17) is 22.0 Å². The quantitative estimate of drug-likeness (QED) is 0.0397. The third-order valence-corrected chi connectivity index (χ3v) is 9.30. The Morgan fingerprint density at radius 3 is 2.86 bits per heavy atom. The zero-order valence-electron chi connectivity index (χ0n) is 22.2. The fraction of sp³-hybridized carbons (Fsp3) is 0.375. The number of fused-ring (bicyclic) bond motifs is 2. The first-order valence-electron chi connectivity index (χ1n) is 12.8. The van der Waals surface area contributed by atoms with Gasteiger partial charge in [0, 0.05) is 35.1 Å². The van der Waals surface area contributed by atoms with Gasteiger partial charge in [0.25, 0.3) is 11.8 Å². The van der Waals surface area contributed by atoms with E-state index < -0.39 is 29.2 Å². The van der Waals surface area contributed by atoms with E-state index in [0.29, 0.717) is 30.8 Å². The number of carboxylic acids is 1. The van der Waals surface area contributed by atoms with E-state index >= 15 is 0 Å². The second kappa shape index (κ2) is 13.1. The van der Waals surface area contributed by atoms with Crippen molar-refractivity contribution in [3.05, 3.63) is 46.9 Å². The van der Waals surface area contributed by atoms with Crippen LogP contribution in [0.2, 0.25) is 0 Å². The second-order valence-electron chi connectivity index (χ2n) is 9.12. The van der Waals surface area contributed by atoms with Gasteiger partial charge < -0.3 is 37.3 Å². The number of carboxylic acid groups (broad SMARTS) is 1. The molecule has 2 aliphatic rings. The van der Waals surface area contributed by atoms with Crippen molar-refractivity contribution in [2.24, 2.45) is 16.6 Å². The number of imidazole rings is 1. The van der Waals surface area contributed by atoms with E-state index in [0.717, 1.165) is 32.7 Å². The molecule has 42 heavy (non-hydrogen) atoms. The van der Waals surface area contributed by atoms with Gasteiger partial charge in [-0.25, -0.2) is 9.55 Å². The fourth-order valence-corrected chi connectivity index (χ4v) is 6.93. The predicted octanol–water partition coefficient (Wildman–Crippen LogP) is -2.12. The summed E-state index contributed by atoms with van der Waals surface area (Å²) in [6.45, 7) is 1.31. The summed E-state index contributed by atoms with van der Waals surface area (Å²) in [5.41, 5.74) is 17.9. The number of nitrogens with two attached hydrogens (primary N) is 3. The molecule has 0 spiro atoms. The Balaban J connectivity index is 1.33. The number of β-lactam (4-membered cyclic amide) rings is 1. The van der Waals surface area contributed by atoms with Gasteiger partial charge in [-0.15, -0.1) is 39.4 Å². The average molecular weight is 633 g/mol. The topological polar surface area (TPSA) is 223 Å². The zero-order chi connectivity index (χ0) is 29.8. The van der Waals surface area contributed by atoms with E-state index in [1.54, 1.807) is 22.3 Å². The number of hydrogen-bond acceptors (Lipinski definition) is 14. The number of nitrogen functional groups attached to an aromatic ring is 1. The first-order valence-corrected chi connectivity index (χ1v) is 15.7. The molecule has 5 heterocycles. The summed E-state index contributed by atoms with van der Waals surface area (Å²) < 4.78 is 3.55. The van der Waals surface area contributed by atoms with Crippen LogP contribution in [0.4, 0.5) is 5.13 Å². The Morgan fingerprint density at radius 1 is 1.31 bits per heavy atom. The third kappa shape index (κ3) is 6.07. The van der Waals surface area contributed by atoms with Crippen molar-refractivity contribution in [3.8, 4) is 0 Å². The molecule has 2 amide bonds. The highest BCUT2D eigenvalue weighted by Gasteiger charge is 2.53. The van der Waals surface area contributed by atoms with Gasteiger partial charge in [-0.3, -0.25) is 14.5 Å². The highest BCUT2D eigenvalue weighted by atomic mass is 32.2. The Bertz CT molecular complexity index is 1570. The van der Waals surface area contributed by atoms with Crippen LogP contribution < -0.4 is 32.2 Å². The van der Waals surface area contributed by atoms with Gasteiger partial charge in [0.05, 0.1) is 11.7 Å². The maximum atomic E-state index is 13.2. The number of aliphatic carboxylic acids is 1. The molecule has 0 saturated carbocycles. The van der Waals surface area contributed by atoms with Crippen LogP contribution in [-0.4, -0.2) is 85.6 Å². The van der Waals surface area contributed by atoms with Crippen LogP contribution in [0, 0.1) is 0 Å². The third-order valence-electron chi connectivity index (χ3n) is 6.33. The highest BCUT2D eigenvalue weighted by molar-refractivity contribution is 8.00. The Hall–Kier alpha value is -3.71. The number of thioether (sulfide) groups is 2. The lowest BCUT2D eigenvalue weighted by Gasteiger charge is -2.50. The van der Waals surface area contributed by atoms with Gasteiger partial charge in [-0.2, -0.15) is 0 Å². The van der Waals surface area contributed by atoms with Crippen LogP contribution in [0.1, 0.15) is 12.1 Å². The first-order chi connectivity index (χ1) is 20.3. The van der Waals surface area contributed by atoms with Crippen LogP contribution in [0.15, 0.2) is 51.4 Å². The molecule has 222 valence electrons. The van der Waals surface area contributed by atoms with E-state index in [-0.39, 0.29) is 35.4 Å². The average Bonchev–Trinajstić information content (AvgIpc) is 3.59. The molecule has 3 aromatic heterocycles. The smallest absolute Gasteiger partial charge is 0.307 e. The molecule has 0 unspecified atom stereocenters. The first kappa shape index (κ1) is 29.8. The molecular formula is C24H28N10O5S3. The molecule has 1 saturated heterocycles. The van der Waals surface area contributed by atoms with Crippen LogP contribution in [-0.2, 0) is 25.8 Å². The molecule has 5 rings (SSSR count). The highest BCUT2D eigenvalue weighted by Crippen LogP contribution is 2.40. The lowest BCUT2D eigenvalue weighted by Crippen LogP contribution is -2.71. The Labute approximate surface area is 252 Å². The number of thiazole rings is 1. The van der Waals surface area contributed by atoms with E-state index in [1.807, 2.05) is 16.7 Å². The van der Waals surface area contributed by atoms with Gasteiger partial charge in [-0.1, -0.05) is 10.3 Å². The Morgan fingerprint density at radius 2 is 2.14 bits per heavy atom. The van der Waals surface area contributed by atoms with Crippen LogP contribution >= 0.6 is 34.9 Å². The van der Waals surface area contributed by atoms with Gasteiger partial charge in [0.2, 0.25) is 0 Å². The summed E-state index contributed by atoms with van der Waals surface area (Å²) in [6.07, 6.45) is 4.09. The van der Waals surface area contributed by atoms with Gasteiger partial charge in [0.1, 0.15) is 41.5 Å². The molecule has 3 aromatic rings. The predicted molar refractivity (Wildman–Crippen MR) is 155 cm³/mol. The number of oxime groups is 1. The molecule has 0 bridgehead atoms. The van der Waals surface area contributed by atoms with E-state index in [1.165, 1.54) is 23.5 Å². The summed E-state index contributed by atoms with van der Waals surface area (Å²) in [7, 11) is 0. The normalized spacial score (nSPS) is 18.7. The SMILES string of the molecule is NCCCO/N=C(\C(=O)N[C@@H]1C(=O)N2C(C(=O)[O-])=C(C[n+]3ccn4nc(SCCN)ccc43)CS[C@H]12)c1csc(N)n1. The summed E-state index contributed by atoms with van der Waals surface area (Å²) >= 11 is 4.00. The fourth-order valence-electron chi connectivity index (χ4n) is 4.41. The second-order valence-corrected chi connectivity index (χ2v) is 12.2. The lowest BCUT2D eigenvalue weighted by atomic mass is 10.0. The maximum Gasteiger partial charge on any atom is 0.307 e. The van der Waals surface area contributed by atoms with Crippen LogP contribution in [0.25, 0.3) is 5.65 Å². The largest absolute Gasteiger partial charge is 0.543 e. The number of hydrogen-bond donors (Lipinski definition) is 4. The number of rotatable bonds is 13. The van der Waals surface area contributed by atoms with Crippen molar-refractivity contribution in [2.45, 2.75) is 29.4 Å². The number of nitrogens with zero attached hydrogens (tertiary/aromatic N) is 6. The minimum atomic E-state index is -1.47. The zero-order valence-corrected chi connectivity index (χ0v) is 24.6. The minimum Gasteiger partial charge on any atom is -0.543 e. The monoisotopic (exact) mass is 632 g/mol. The number of carbonyl (C=O) groups excluding carboxylic acids is 3. The lowest BCUT2D eigenvalue weighted by molar-refractivity contribution is -0.662. The molecule has 0 aromatic carbocycles. The number of carbonyl (C=O) groups is 3. The summed E-state index contributed by atoms with van der Waals surface area (Å²) in [6, 6.07) is 2.78. The number of aromatic nitrogens is 4. The van der Waals surface area contributed by atoms with E-state index in [2.05, 4.69) is 20.6 Å². The van der Waals surface area contributed by atoms with Gasteiger partial charge in [-0.05, 0) is 19.0 Å². The molecule has 0 aliphatic carbocycles. The molecule has 2 aliphatic heterocycles. The maximum absolute atomic E-state index is 13.2. The Kier molecular flexibility index (Phi) is 9.27. The van der Waals surface area contributed by atoms with Gasteiger partial charge in [0.15, 0.2) is 17.0 Å². The molecule has 18 heteroatoms. The molecular weight excluding hydrogens is 605 g/mol. The van der Waals surface area contributed by atoms with Crippen molar-refractivity contribution >= 4 is 69.1 Å². The standard InChI is InChI=1S/C24H28N10O5S3/c25-4-1-8-39-31-17(14-12-42-24(27)28-14)20(35)29-18-21(36)34-19(23(37)38)13(11-41-22(18)34)10-32-6-7-33-16(32)3-2-15(30-33)40-9-5-26/h2-3,6-7,12,18,22H,1,4-5,8-11,25-26H2,(H3-,27,28,29,35,37,38)/b31-17-/t18-,22-/m1/s1. The van der Waals surface area contributed by atoms with Crippen LogP contribution in [0.3, 0.4) is 0 Å². The van der Waals surface area contributed by atoms with Crippen molar-refractivity contribution < 1.29 is 28.9 Å². The van der Waals surface area contributed by atoms with Crippen molar-refractivity contribution in [2.75, 3.05) is 36.9 Å². The molecule has 15 nitrogen and oxygen atoms in total. The van der Waals surface area contributed by atoms with E-state index in [9.17, 15) is 19.5 Å². The van der Waals surface area contributed by atoms with Gasteiger partial charge >= 0.3 is 5.65 Å². The van der Waals surface area contributed by atoms with Crippen molar-refractivity contribution in [3.63, 3.8) is 0 Å². The summed E-state index contributed by atoms with van der Waals surface area (Å²) in [5.74, 6) is -1.71.